The lowest BCUT2D eigenvalue weighted by molar-refractivity contribution is 0.136. The van der Waals surface area contributed by atoms with Crippen LogP contribution in [0.15, 0.2) is 11.4 Å². The highest BCUT2D eigenvalue weighted by Gasteiger charge is 2.36. The summed E-state index contributed by atoms with van der Waals surface area (Å²) in [6.45, 7) is 9.47. The molecule has 0 aromatic carbocycles. The molecule has 1 aliphatic heterocycles. The van der Waals surface area contributed by atoms with Crippen LogP contribution in [-0.2, 0) is 13.0 Å². The van der Waals surface area contributed by atoms with Gasteiger partial charge in [-0.25, -0.2) is 0 Å². The van der Waals surface area contributed by atoms with E-state index in [2.05, 4.69) is 35.5 Å². The quantitative estimate of drug-likeness (QED) is 0.891. The van der Waals surface area contributed by atoms with Gasteiger partial charge < -0.3 is 5.32 Å². The molecule has 3 rings (SSSR count). The first-order chi connectivity index (χ1) is 9.67. The summed E-state index contributed by atoms with van der Waals surface area (Å²) in [5, 5.41) is 5.97. The third-order valence-electron chi connectivity index (χ3n) is 5.00. The first kappa shape index (κ1) is 14.6. The number of fused-ring (bicyclic) bond motifs is 1. The number of hydrogen-bond donors (Lipinski definition) is 1. The lowest BCUT2D eigenvalue weighted by atomic mass is 9.84. The van der Waals surface area contributed by atoms with Gasteiger partial charge in [-0.3, -0.25) is 4.90 Å². The number of nitrogens with zero attached hydrogens (tertiary/aromatic N) is 1. The minimum absolute atomic E-state index is 0.539. The van der Waals surface area contributed by atoms with Crippen LogP contribution in [-0.4, -0.2) is 30.6 Å². The molecule has 0 saturated heterocycles. The van der Waals surface area contributed by atoms with Crippen LogP contribution in [0.2, 0.25) is 0 Å². The first-order valence-electron chi connectivity index (χ1n) is 8.18. The van der Waals surface area contributed by atoms with Crippen LogP contribution in [0.25, 0.3) is 0 Å². The van der Waals surface area contributed by atoms with Gasteiger partial charge in [0.1, 0.15) is 0 Å². The van der Waals surface area contributed by atoms with Crippen molar-refractivity contribution in [2.24, 2.45) is 5.41 Å². The van der Waals surface area contributed by atoms with Crippen molar-refractivity contribution < 1.29 is 0 Å². The van der Waals surface area contributed by atoms with Crippen LogP contribution in [0.1, 0.15) is 50.0 Å². The SMILES string of the molecule is CC(C)NCC1(CN2CCc3sccc3C2)CCCC1. The molecular formula is C17H28N2S. The molecule has 2 heterocycles. The molecule has 1 aromatic heterocycles. The van der Waals surface area contributed by atoms with Gasteiger partial charge >= 0.3 is 0 Å². The van der Waals surface area contributed by atoms with Crippen molar-refractivity contribution in [1.29, 1.82) is 0 Å². The summed E-state index contributed by atoms with van der Waals surface area (Å²) in [7, 11) is 0. The largest absolute Gasteiger partial charge is 0.314 e. The van der Waals surface area contributed by atoms with E-state index >= 15 is 0 Å². The van der Waals surface area contributed by atoms with Crippen LogP contribution < -0.4 is 5.32 Å². The smallest absolute Gasteiger partial charge is 0.0245 e. The van der Waals surface area contributed by atoms with Crippen LogP contribution in [0.4, 0.5) is 0 Å². The zero-order valence-corrected chi connectivity index (χ0v) is 13.8. The molecule has 1 aromatic rings. The van der Waals surface area contributed by atoms with Gasteiger partial charge in [0, 0.05) is 37.1 Å². The van der Waals surface area contributed by atoms with Crippen molar-refractivity contribution >= 4 is 11.3 Å². The van der Waals surface area contributed by atoms with E-state index in [1.165, 1.54) is 58.3 Å². The maximum absolute atomic E-state index is 3.71. The maximum Gasteiger partial charge on any atom is 0.0245 e. The molecule has 1 N–H and O–H groups in total. The second-order valence-corrected chi connectivity index (χ2v) is 8.07. The highest BCUT2D eigenvalue weighted by molar-refractivity contribution is 7.10. The summed E-state index contributed by atoms with van der Waals surface area (Å²) in [5.41, 5.74) is 2.13. The van der Waals surface area contributed by atoms with E-state index in [0.29, 0.717) is 11.5 Å². The molecule has 1 fully saturated rings. The Morgan fingerprint density at radius 2 is 2.15 bits per heavy atom. The Morgan fingerprint density at radius 1 is 1.35 bits per heavy atom. The topological polar surface area (TPSA) is 15.3 Å². The van der Waals surface area contributed by atoms with E-state index in [-0.39, 0.29) is 0 Å². The van der Waals surface area contributed by atoms with Gasteiger partial charge in [-0.05, 0) is 41.7 Å². The number of thiophene rings is 1. The Labute approximate surface area is 127 Å². The second-order valence-electron chi connectivity index (χ2n) is 7.07. The Hall–Kier alpha value is -0.380. The molecule has 0 unspecified atom stereocenters. The fourth-order valence-corrected chi connectivity index (χ4v) is 4.74. The van der Waals surface area contributed by atoms with E-state index in [1.54, 1.807) is 10.4 Å². The molecule has 0 bridgehead atoms. The minimum Gasteiger partial charge on any atom is -0.314 e. The summed E-state index contributed by atoms with van der Waals surface area (Å²) in [5.74, 6) is 0. The molecule has 0 atom stereocenters. The third kappa shape index (κ3) is 3.26. The number of nitrogens with one attached hydrogen (secondary N) is 1. The molecule has 1 saturated carbocycles. The monoisotopic (exact) mass is 292 g/mol. The van der Waals surface area contributed by atoms with Crippen LogP contribution >= 0.6 is 11.3 Å². The second kappa shape index (κ2) is 6.17. The van der Waals surface area contributed by atoms with Crippen LogP contribution in [0.5, 0.6) is 0 Å². The Morgan fingerprint density at radius 3 is 2.90 bits per heavy atom. The van der Waals surface area contributed by atoms with Gasteiger partial charge in [0.2, 0.25) is 0 Å². The number of hydrogen-bond acceptors (Lipinski definition) is 3. The highest BCUT2D eigenvalue weighted by atomic mass is 32.1. The lowest BCUT2D eigenvalue weighted by Crippen LogP contribution is -2.45. The number of rotatable bonds is 5. The summed E-state index contributed by atoms with van der Waals surface area (Å²) >= 11 is 1.94. The van der Waals surface area contributed by atoms with E-state index in [1.807, 2.05) is 11.3 Å². The first-order valence-corrected chi connectivity index (χ1v) is 9.06. The van der Waals surface area contributed by atoms with Crippen molar-refractivity contribution in [2.75, 3.05) is 19.6 Å². The molecule has 2 aliphatic rings. The van der Waals surface area contributed by atoms with E-state index < -0.39 is 0 Å². The molecule has 2 nitrogen and oxygen atoms in total. The molecule has 3 heteroatoms. The highest BCUT2D eigenvalue weighted by Crippen LogP contribution is 2.39. The zero-order chi connectivity index (χ0) is 14.0. The van der Waals surface area contributed by atoms with Crippen LogP contribution in [0, 0.1) is 5.41 Å². The van der Waals surface area contributed by atoms with E-state index in [9.17, 15) is 0 Å². The van der Waals surface area contributed by atoms with E-state index in [4.69, 9.17) is 0 Å². The Kier molecular flexibility index (Phi) is 4.49. The lowest BCUT2D eigenvalue weighted by Gasteiger charge is -2.38. The fourth-order valence-electron chi connectivity index (χ4n) is 3.85. The normalized spacial score (nSPS) is 22.4. The van der Waals surface area contributed by atoms with Crippen LogP contribution in [0.3, 0.4) is 0 Å². The molecule has 112 valence electrons. The maximum atomic E-state index is 3.71. The van der Waals surface area contributed by atoms with Crippen molar-refractivity contribution in [1.82, 2.24) is 10.2 Å². The molecule has 20 heavy (non-hydrogen) atoms. The van der Waals surface area contributed by atoms with Crippen molar-refractivity contribution in [3.63, 3.8) is 0 Å². The molecule has 0 amide bonds. The van der Waals surface area contributed by atoms with Gasteiger partial charge in [0.05, 0.1) is 0 Å². The Bertz CT molecular complexity index is 432. The summed E-state index contributed by atoms with van der Waals surface area (Å²) < 4.78 is 0. The van der Waals surface area contributed by atoms with Gasteiger partial charge in [0.15, 0.2) is 0 Å². The van der Waals surface area contributed by atoms with Crippen molar-refractivity contribution in [2.45, 2.75) is 58.5 Å². The molecule has 0 spiro atoms. The Balaban J connectivity index is 1.62. The van der Waals surface area contributed by atoms with Crippen molar-refractivity contribution in [3.05, 3.63) is 21.9 Å². The van der Waals surface area contributed by atoms with Crippen molar-refractivity contribution in [3.8, 4) is 0 Å². The standard InChI is InChI=1S/C17H28N2S/c1-14(2)18-12-17(7-3-4-8-17)13-19-9-5-16-15(11-19)6-10-20-16/h6,10,14,18H,3-5,7-9,11-13H2,1-2H3. The van der Waals surface area contributed by atoms with Gasteiger partial charge in [-0.1, -0.05) is 26.7 Å². The minimum atomic E-state index is 0.539. The molecule has 1 aliphatic carbocycles. The summed E-state index contributed by atoms with van der Waals surface area (Å²) in [6, 6.07) is 2.94. The third-order valence-corrected chi connectivity index (χ3v) is 6.02. The predicted octanol–water partition coefficient (Wildman–Crippen LogP) is 3.66. The van der Waals surface area contributed by atoms with Gasteiger partial charge in [-0.15, -0.1) is 11.3 Å². The fraction of sp³-hybridized carbons (Fsp3) is 0.765. The zero-order valence-electron chi connectivity index (χ0n) is 13.0. The summed E-state index contributed by atoms with van der Waals surface area (Å²) in [4.78, 5) is 4.34. The van der Waals surface area contributed by atoms with Gasteiger partial charge in [-0.2, -0.15) is 0 Å². The average Bonchev–Trinajstić information content (AvgIpc) is 3.05. The molecular weight excluding hydrogens is 264 g/mol. The average molecular weight is 292 g/mol. The summed E-state index contributed by atoms with van der Waals surface area (Å²) in [6.07, 6.45) is 6.95. The van der Waals surface area contributed by atoms with E-state index in [0.717, 1.165) is 0 Å². The predicted molar refractivity (Wildman–Crippen MR) is 87.3 cm³/mol. The van der Waals surface area contributed by atoms with Gasteiger partial charge in [0.25, 0.3) is 0 Å². The molecule has 0 radical (unpaired) electrons.